The number of aromatic carboxylic acids is 1. The lowest BCUT2D eigenvalue weighted by Crippen LogP contribution is -2.21. The zero-order valence-corrected chi connectivity index (χ0v) is 13.8. The molecule has 124 valence electrons. The van der Waals surface area contributed by atoms with E-state index < -0.39 is 5.97 Å². The molecule has 0 fully saturated rings. The van der Waals surface area contributed by atoms with E-state index in [-0.39, 0.29) is 11.1 Å². The third kappa shape index (κ3) is 2.62. The van der Waals surface area contributed by atoms with Crippen LogP contribution in [0.1, 0.15) is 28.2 Å². The van der Waals surface area contributed by atoms with Crippen molar-refractivity contribution in [2.75, 3.05) is 0 Å². The number of benzene rings is 2. The molecule has 0 saturated carbocycles. The van der Waals surface area contributed by atoms with E-state index in [1.165, 1.54) is 18.2 Å². The van der Waals surface area contributed by atoms with Crippen molar-refractivity contribution in [2.24, 2.45) is 0 Å². The zero-order chi connectivity index (χ0) is 17.6. The summed E-state index contributed by atoms with van der Waals surface area (Å²) in [6, 6.07) is 11.9. The topological polar surface area (TPSA) is 72.2 Å². The molecule has 1 aliphatic heterocycles. The molecule has 6 heteroatoms. The SMILES string of the molecule is O=C(O)c1ccc2c(=O)n3c(nc2c1)/C(=C/c1ccccc1Cl)CC3. The summed E-state index contributed by atoms with van der Waals surface area (Å²) in [4.78, 5) is 28.4. The lowest BCUT2D eigenvalue weighted by molar-refractivity contribution is 0.0697. The van der Waals surface area contributed by atoms with Crippen LogP contribution in [0.3, 0.4) is 0 Å². The number of hydrogen-bond acceptors (Lipinski definition) is 3. The van der Waals surface area contributed by atoms with Crippen LogP contribution >= 0.6 is 11.6 Å². The van der Waals surface area contributed by atoms with Crippen molar-refractivity contribution < 1.29 is 9.90 Å². The van der Waals surface area contributed by atoms with Crippen LogP contribution in [0.2, 0.25) is 5.02 Å². The Morgan fingerprint density at radius 3 is 2.80 bits per heavy atom. The summed E-state index contributed by atoms with van der Waals surface area (Å²) in [5.74, 6) is -0.476. The van der Waals surface area contributed by atoms with Crippen molar-refractivity contribution in [2.45, 2.75) is 13.0 Å². The predicted molar refractivity (Wildman–Crippen MR) is 96.9 cm³/mol. The van der Waals surface area contributed by atoms with Crippen LogP contribution in [0.25, 0.3) is 22.6 Å². The highest BCUT2D eigenvalue weighted by atomic mass is 35.5. The maximum atomic E-state index is 12.7. The summed E-state index contributed by atoms with van der Waals surface area (Å²) in [5, 5.41) is 10.2. The summed E-state index contributed by atoms with van der Waals surface area (Å²) in [5.41, 5.74) is 2.12. The Kier molecular flexibility index (Phi) is 3.66. The van der Waals surface area contributed by atoms with Gasteiger partial charge in [0.25, 0.3) is 5.56 Å². The number of fused-ring (bicyclic) bond motifs is 2. The van der Waals surface area contributed by atoms with Crippen LogP contribution in [-0.2, 0) is 6.54 Å². The van der Waals surface area contributed by atoms with Crippen LogP contribution in [0.15, 0.2) is 47.3 Å². The van der Waals surface area contributed by atoms with Gasteiger partial charge in [-0.25, -0.2) is 9.78 Å². The highest BCUT2D eigenvalue weighted by molar-refractivity contribution is 6.32. The molecular formula is C19H13ClN2O3. The summed E-state index contributed by atoms with van der Waals surface area (Å²) in [6.07, 6.45) is 2.61. The van der Waals surface area contributed by atoms with Crippen LogP contribution < -0.4 is 5.56 Å². The molecule has 1 N–H and O–H groups in total. The smallest absolute Gasteiger partial charge is 0.335 e. The number of nitrogens with zero attached hydrogens (tertiary/aromatic N) is 2. The third-order valence-corrected chi connectivity index (χ3v) is 4.67. The molecule has 0 spiro atoms. The minimum absolute atomic E-state index is 0.110. The molecule has 0 radical (unpaired) electrons. The Morgan fingerprint density at radius 2 is 2.04 bits per heavy atom. The molecule has 0 bridgehead atoms. The van der Waals surface area contributed by atoms with E-state index in [1.807, 2.05) is 30.3 Å². The number of carboxylic acid groups (broad SMARTS) is 1. The maximum absolute atomic E-state index is 12.7. The Morgan fingerprint density at radius 1 is 1.24 bits per heavy atom. The molecule has 3 aromatic rings. The van der Waals surface area contributed by atoms with Crippen LogP contribution in [-0.4, -0.2) is 20.6 Å². The van der Waals surface area contributed by atoms with Gasteiger partial charge in [-0.3, -0.25) is 9.36 Å². The second kappa shape index (κ2) is 5.86. The number of allylic oxidation sites excluding steroid dienone is 1. The number of aromatic nitrogens is 2. The highest BCUT2D eigenvalue weighted by Gasteiger charge is 2.21. The van der Waals surface area contributed by atoms with Crippen LogP contribution in [0, 0.1) is 0 Å². The molecule has 0 atom stereocenters. The van der Waals surface area contributed by atoms with E-state index in [0.29, 0.717) is 34.7 Å². The number of carbonyl (C=O) groups is 1. The van der Waals surface area contributed by atoms with Gasteiger partial charge >= 0.3 is 5.97 Å². The molecular weight excluding hydrogens is 340 g/mol. The minimum atomic E-state index is -1.05. The largest absolute Gasteiger partial charge is 0.478 e. The van der Waals surface area contributed by atoms with Crippen LogP contribution in [0.4, 0.5) is 0 Å². The second-order valence-corrected chi connectivity index (χ2v) is 6.28. The van der Waals surface area contributed by atoms with E-state index in [4.69, 9.17) is 16.7 Å². The Balaban J connectivity index is 1.92. The Hall–Kier alpha value is -2.92. The molecule has 2 aromatic carbocycles. The maximum Gasteiger partial charge on any atom is 0.335 e. The van der Waals surface area contributed by atoms with Gasteiger partial charge in [-0.15, -0.1) is 0 Å². The van der Waals surface area contributed by atoms with Gasteiger partial charge in [0.2, 0.25) is 0 Å². The molecule has 4 rings (SSSR count). The van der Waals surface area contributed by atoms with Gasteiger partial charge in [-0.05, 0) is 47.9 Å². The molecule has 1 aliphatic rings. The van der Waals surface area contributed by atoms with E-state index >= 15 is 0 Å². The Labute approximate surface area is 147 Å². The number of halogens is 1. The fourth-order valence-corrected chi connectivity index (χ4v) is 3.26. The third-order valence-electron chi connectivity index (χ3n) is 4.33. The Bertz CT molecular complexity index is 1120. The van der Waals surface area contributed by atoms with Gasteiger partial charge in [0.1, 0.15) is 5.82 Å². The molecule has 25 heavy (non-hydrogen) atoms. The monoisotopic (exact) mass is 352 g/mol. The van der Waals surface area contributed by atoms with Crippen LogP contribution in [0.5, 0.6) is 0 Å². The summed E-state index contributed by atoms with van der Waals surface area (Å²) in [6.45, 7) is 0.550. The number of rotatable bonds is 2. The average molecular weight is 353 g/mol. The number of hydrogen-bond donors (Lipinski definition) is 1. The lowest BCUT2D eigenvalue weighted by Gasteiger charge is -2.06. The highest BCUT2D eigenvalue weighted by Crippen LogP contribution is 2.29. The fraction of sp³-hybridized carbons (Fsp3) is 0.105. The van der Waals surface area contributed by atoms with E-state index in [2.05, 4.69) is 4.98 Å². The normalized spacial score (nSPS) is 14.8. The fourth-order valence-electron chi connectivity index (χ4n) is 3.07. The second-order valence-electron chi connectivity index (χ2n) is 5.87. The van der Waals surface area contributed by atoms with Crippen molar-refractivity contribution >= 4 is 40.1 Å². The van der Waals surface area contributed by atoms with Crippen molar-refractivity contribution in [3.63, 3.8) is 0 Å². The zero-order valence-electron chi connectivity index (χ0n) is 13.1. The predicted octanol–water partition coefficient (Wildman–Crippen LogP) is 3.69. The average Bonchev–Trinajstić information content (AvgIpc) is 3.00. The number of carboxylic acids is 1. The molecule has 0 unspecified atom stereocenters. The quantitative estimate of drug-likeness (QED) is 0.763. The first-order chi connectivity index (χ1) is 12.0. The molecule has 0 saturated heterocycles. The van der Waals surface area contributed by atoms with Gasteiger partial charge < -0.3 is 5.11 Å². The van der Waals surface area contributed by atoms with Gasteiger partial charge in [-0.1, -0.05) is 29.8 Å². The molecule has 2 heterocycles. The summed E-state index contributed by atoms with van der Waals surface area (Å²) >= 11 is 6.21. The van der Waals surface area contributed by atoms with E-state index in [1.54, 1.807) is 4.57 Å². The first-order valence-electron chi connectivity index (χ1n) is 7.78. The minimum Gasteiger partial charge on any atom is -0.478 e. The summed E-state index contributed by atoms with van der Waals surface area (Å²) < 4.78 is 1.63. The van der Waals surface area contributed by atoms with Gasteiger partial charge in [0, 0.05) is 11.6 Å². The molecule has 0 aliphatic carbocycles. The standard InChI is InChI=1S/C19H13ClN2O3/c20-15-4-2-1-3-11(15)9-12-7-8-22-17(12)21-16-10-13(19(24)25)5-6-14(16)18(22)23/h1-6,9-10H,7-8H2,(H,24,25)/b12-9+. The summed E-state index contributed by atoms with van der Waals surface area (Å²) in [7, 11) is 0. The van der Waals surface area contributed by atoms with Crippen molar-refractivity contribution in [3.05, 3.63) is 74.8 Å². The lowest BCUT2D eigenvalue weighted by atomic mass is 10.1. The van der Waals surface area contributed by atoms with Crippen molar-refractivity contribution in [1.82, 2.24) is 9.55 Å². The van der Waals surface area contributed by atoms with Crippen molar-refractivity contribution in [3.8, 4) is 0 Å². The molecule has 1 aromatic heterocycles. The van der Waals surface area contributed by atoms with Crippen molar-refractivity contribution in [1.29, 1.82) is 0 Å². The first kappa shape index (κ1) is 15.6. The van der Waals surface area contributed by atoms with Gasteiger partial charge in [-0.2, -0.15) is 0 Å². The molecule has 0 amide bonds. The van der Waals surface area contributed by atoms with Gasteiger partial charge in [0.05, 0.1) is 16.5 Å². The molecule has 5 nitrogen and oxygen atoms in total. The van der Waals surface area contributed by atoms with Gasteiger partial charge in [0.15, 0.2) is 0 Å². The first-order valence-corrected chi connectivity index (χ1v) is 8.16. The van der Waals surface area contributed by atoms with E-state index in [9.17, 15) is 9.59 Å². The van der Waals surface area contributed by atoms with E-state index in [0.717, 1.165) is 11.1 Å².